The summed E-state index contributed by atoms with van der Waals surface area (Å²) < 4.78 is 16.0. The second-order valence-electron chi connectivity index (χ2n) is 6.01. The van der Waals surface area contributed by atoms with Gasteiger partial charge in [0.05, 0.1) is 15.7 Å². The molecule has 0 aliphatic carbocycles. The lowest BCUT2D eigenvalue weighted by Crippen LogP contribution is -2.47. The van der Waals surface area contributed by atoms with Gasteiger partial charge < -0.3 is 0 Å². The van der Waals surface area contributed by atoms with Crippen molar-refractivity contribution < 1.29 is 4.21 Å². The average molecular weight is 333 g/mol. The molecule has 18 heavy (non-hydrogen) atoms. The zero-order valence-corrected chi connectivity index (χ0v) is 14.0. The first-order valence-corrected chi connectivity index (χ1v) is 7.84. The van der Waals surface area contributed by atoms with E-state index in [2.05, 4.69) is 25.6 Å². The molecule has 0 radical (unpaired) electrons. The maximum atomic E-state index is 12.1. The van der Waals surface area contributed by atoms with Crippen molar-refractivity contribution in [2.75, 3.05) is 0 Å². The Labute approximate surface area is 120 Å². The van der Waals surface area contributed by atoms with Crippen molar-refractivity contribution in [1.29, 1.82) is 0 Å². The van der Waals surface area contributed by atoms with Gasteiger partial charge in [-0.05, 0) is 62.7 Å². The van der Waals surface area contributed by atoms with Crippen molar-refractivity contribution in [3.8, 4) is 0 Å². The monoisotopic (exact) mass is 332 g/mol. The number of hydrogen-bond acceptors (Lipinski definition) is 2. The molecule has 0 aromatic carbocycles. The second-order valence-corrected chi connectivity index (χ2v) is 8.89. The summed E-state index contributed by atoms with van der Waals surface area (Å²) in [6.07, 6.45) is 2.52. The van der Waals surface area contributed by atoms with Crippen LogP contribution in [0, 0.1) is 0 Å². The molecule has 3 nitrogen and oxygen atoms in total. The molecule has 1 rings (SSSR count). The summed E-state index contributed by atoms with van der Waals surface area (Å²) in [5.41, 5.74) is 0.737. The van der Waals surface area contributed by atoms with Crippen molar-refractivity contribution in [3.05, 3.63) is 28.5 Å². The molecule has 0 spiro atoms. The van der Waals surface area contributed by atoms with Crippen LogP contribution in [0.25, 0.3) is 0 Å². The summed E-state index contributed by atoms with van der Waals surface area (Å²) in [6.45, 7) is 9.97. The van der Waals surface area contributed by atoms with Gasteiger partial charge in [-0.3, -0.25) is 4.98 Å². The number of nitrogens with one attached hydrogen (secondary N) is 1. The van der Waals surface area contributed by atoms with E-state index in [4.69, 9.17) is 0 Å². The molecule has 1 unspecified atom stereocenters. The van der Waals surface area contributed by atoms with Crippen molar-refractivity contribution >= 4 is 26.9 Å². The number of halogens is 1. The zero-order valence-electron chi connectivity index (χ0n) is 11.6. The molecule has 1 heterocycles. The minimum absolute atomic E-state index is 0.251. The van der Waals surface area contributed by atoms with E-state index in [1.165, 1.54) is 0 Å². The Balaban J connectivity index is 2.70. The first-order chi connectivity index (χ1) is 8.10. The standard InChI is InChI=1S/C13H21BrN2OS/c1-12(2,3)18(17)16-13(4,5)8-11-7-6-10(14)9-15-11/h6-7,9,16H,8H2,1-5H3. The molecule has 0 bridgehead atoms. The topological polar surface area (TPSA) is 42.0 Å². The van der Waals surface area contributed by atoms with Gasteiger partial charge in [-0.1, -0.05) is 0 Å². The molecule has 0 fully saturated rings. The molecule has 1 aromatic heterocycles. The Morgan fingerprint density at radius 3 is 2.33 bits per heavy atom. The third-order valence-corrected chi connectivity index (χ3v) is 4.66. The third kappa shape index (κ3) is 5.16. The van der Waals surface area contributed by atoms with Gasteiger partial charge in [0.1, 0.15) is 0 Å². The van der Waals surface area contributed by atoms with Crippen LogP contribution < -0.4 is 4.72 Å². The number of pyridine rings is 1. The molecule has 1 aromatic rings. The van der Waals surface area contributed by atoms with E-state index in [1.807, 2.05) is 46.8 Å². The molecular formula is C13H21BrN2OS. The molecule has 0 aliphatic rings. The number of hydrogen-bond donors (Lipinski definition) is 1. The highest BCUT2D eigenvalue weighted by Gasteiger charge is 2.27. The van der Waals surface area contributed by atoms with E-state index in [9.17, 15) is 4.21 Å². The van der Waals surface area contributed by atoms with Gasteiger partial charge in [0, 0.05) is 28.3 Å². The molecule has 0 saturated heterocycles. The van der Waals surface area contributed by atoms with E-state index in [0.29, 0.717) is 0 Å². The summed E-state index contributed by atoms with van der Waals surface area (Å²) in [4.78, 5) is 4.35. The fourth-order valence-electron chi connectivity index (χ4n) is 1.40. The fraction of sp³-hybridized carbons (Fsp3) is 0.615. The van der Waals surface area contributed by atoms with Crippen molar-refractivity contribution in [3.63, 3.8) is 0 Å². The zero-order chi connectivity index (χ0) is 14.0. The van der Waals surface area contributed by atoms with Gasteiger partial charge in [0.25, 0.3) is 0 Å². The van der Waals surface area contributed by atoms with Crippen LogP contribution in [0.2, 0.25) is 0 Å². The summed E-state index contributed by atoms with van der Waals surface area (Å²) in [5, 5.41) is 0. The van der Waals surface area contributed by atoms with E-state index in [-0.39, 0.29) is 10.3 Å². The Morgan fingerprint density at radius 1 is 1.28 bits per heavy atom. The summed E-state index contributed by atoms with van der Waals surface area (Å²) in [5.74, 6) is 0. The van der Waals surface area contributed by atoms with Crippen LogP contribution >= 0.6 is 15.9 Å². The molecule has 0 saturated carbocycles. The molecular weight excluding hydrogens is 312 g/mol. The van der Waals surface area contributed by atoms with Crippen LogP contribution in [0.1, 0.15) is 40.3 Å². The maximum absolute atomic E-state index is 12.1. The molecule has 5 heteroatoms. The minimum Gasteiger partial charge on any atom is -0.260 e. The number of nitrogens with zero attached hydrogens (tertiary/aromatic N) is 1. The van der Waals surface area contributed by atoms with Gasteiger partial charge in [-0.2, -0.15) is 0 Å². The van der Waals surface area contributed by atoms with Crippen molar-refractivity contribution in [2.45, 2.75) is 51.3 Å². The van der Waals surface area contributed by atoms with Crippen LogP contribution in [-0.2, 0) is 17.4 Å². The fourth-order valence-corrected chi connectivity index (χ4v) is 2.52. The van der Waals surface area contributed by atoms with Gasteiger partial charge in [-0.15, -0.1) is 0 Å². The predicted octanol–water partition coefficient (Wildman–Crippen LogP) is 3.22. The largest absolute Gasteiger partial charge is 0.260 e. The summed E-state index contributed by atoms with van der Waals surface area (Å²) in [6, 6.07) is 3.95. The smallest absolute Gasteiger partial charge is 0.0975 e. The Bertz CT molecular complexity index is 424. The van der Waals surface area contributed by atoms with Crippen LogP contribution in [0.5, 0.6) is 0 Å². The molecule has 0 aliphatic heterocycles. The first kappa shape index (κ1) is 15.8. The van der Waals surface area contributed by atoms with Crippen molar-refractivity contribution in [1.82, 2.24) is 9.71 Å². The molecule has 0 amide bonds. The van der Waals surface area contributed by atoms with Gasteiger partial charge in [0.2, 0.25) is 0 Å². The SMILES string of the molecule is CC(C)(Cc1ccc(Br)cn1)NS(=O)C(C)(C)C. The predicted molar refractivity (Wildman–Crippen MR) is 80.8 cm³/mol. The molecule has 102 valence electrons. The molecule has 1 N–H and O–H groups in total. The van der Waals surface area contributed by atoms with Gasteiger partial charge >= 0.3 is 0 Å². The Hall–Kier alpha value is -0.260. The van der Waals surface area contributed by atoms with E-state index < -0.39 is 11.0 Å². The summed E-state index contributed by atoms with van der Waals surface area (Å²) in [7, 11) is -1.07. The maximum Gasteiger partial charge on any atom is 0.0975 e. The summed E-state index contributed by atoms with van der Waals surface area (Å²) >= 11 is 3.36. The lowest BCUT2D eigenvalue weighted by Gasteiger charge is -2.29. The lowest BCUT2D eigenvalue weighted by atomic mass is 10.00. The van der Waals surface area contributed by atoms with Crippen LogP contribution in [0.15, 0.2) is 22.8 Å². The quantitative estimate of drug-likeness (QED) is 0.919. The van der Waals surface area contributed by atoms with Gasteiger partial charge in [-0.25, -0.2) is 8.93 Å². The molecule has 1 atom stereocenters. The van der Waals surface area contributed by atoms with Crippen LogP contribution in [0.4, 0.5) is 0 Å². The third-order valence-electron chi connectivity index (χ3n) is 2.34. The Kier molecular flexibility index (Phi) is 5.09. The number of aromatic nitrogens is 1. The highest BCUT2D eigenvalue weighted by molar-refractivity contribution is 9.10. The van der Waals surface area contributed by atoms with E-state index >= 15 is 0 Å². The highest BCUT2D eigenvalue weighted by Crippen LogP contribution is 2.17. The van der Waals surface area contributed by atoms with E-state index in [1.54, 1.807) is 6.20 Å². The van der Waals surface area contributed by atoms with Crippen LogP contribution in [0.3, 0.4) is 0 Å². The number of rotatable bonds is 4. The lowest BCUT2D eigenvalue weighted by molar-refractivity contribution is 0.456. The first-order valence-electron chi connectivity index (χ1n) is 5.90. The van der Waals surface area contributed by atoms with Crippen LogP contribution in [-0.4, -0.2) is 19.5 Å². The average Bonchev–Trinajstić information content (AvgIpc) is 2.19. The normalized spacial score (nSPS) is 14.6. The van der Waals surface area contributed by atoms with Gasteiger partial charge in [0.15, 0.2) is 0 Å². The highest BCUT2D eigenvalue weighted by atomic mass is 79.9. The van der Waals surface area contributed by atoms with Crippen molar-refractivity contribution in [2.24, 2.45) is 0 Å². The minimum atomic E-state index is -1.07. The van der Waals surface area contributed by atoms with E-state index in [0.717, 1.165) is 16.6 Å². The Morgan fingerprint density at radius 2 is 1.89 bits per heavy atom. The second kappa shape index (κ2) is 5.80.